The molecule has 0 bridgehead atoms. The molecule has 0 aliphatic heterocycles. The van der Waals surface area contributed by atoms with Crippen LogP contribution < -0.4 is 0 Å². The highest BCUT2D eigenvalue weighted by Crippen LogP contribution is 2.21. The maximum atomic E-state index is 6.14. The lowest BCUT2D eigenvalue weighted by molar-refractivity contribution is 0.277. The molecule has 0 radical (unpaired) electrons. The number of benzene rings is 1. The van der Waals surface area contributed by atoms with E-state index in [1.807, 2.05) is 18.2 Å². The van der Waals surface area contributed by atoms with E-state index in [1.165, 1.54) is 6.42 Å². The number of aryl methyl sites for hydroxylation is 1. The second-order valence-electron chi connectivity index (χ2n) is 5.19. The van der Waals surface area contributed by atoms with Gasteiger partial charge in [0.15, 0.2) is 0 Å². The molecule has 0 atom stereocenters. The maximum Gasteiger partial charge on any atom is 0.111 e. The summed E-state index contributed by atoms with van der Waals surface area (Å²) in [5.41, 5.74) is 2.10. The van der Waals surface area contributed by atoms with Gasteiger partial charge in [-0.2, -0.15) is 0 Å². The number of rotatable bonds is 8. The molecular weight excluding hydrogens is 305 g/mol. The Morgan fingerprint density at radius 1 is 1.24 bits per heavy atom. The molecular formula is C16H23Cl2N3. The molecule has 2 aromatic rings. The van der Waals surface area contributed by atoms with Crippen LogP contribution in [0, 0.1) is 0 Å². The molecule has 5 heteroatoms. The predicted molar refractivity (Wildman–Crippen MR) is 91.6 cm³/mol. The molecule has 0 saturated heterocycles. The molecule has 21 heavy (non-hydrogen) atoms. The molecule has 0 spiro atoms. The molecule has 1 heterocycles. The summed E-state index contributed by atoms with van der Waals surface area (Å²) in [7, 11) is 0. The normalized spacial score (nSPS) is 11.7. The lowest BCUT2D eigenvalue weighted by atomic mass is 10.3. The van der Waals surface area contributed by atoms with Gasteiger partial charge in [0.05, 0.1) is 11.0 Å². The molecule has 0 saturated carbocycles. The van der Waals surface area contributed by atoms with Gasteiger partial charge in [-0.15, -0.1) is 11.6 Å². The van der Waals surface area contributed by atoms with E-state index in [1.54, 1.807) is 0 Å². The number of hydrogen-bond acceptors (Lipinski definition) is 2. The van der Waals surface area contributed by atoms with E-state index in [9.17, 15) is 0 Å². The molecule has 0 unspecified atom stereocenters. The zero-order chi connectivity index (χ0) is 15.2. The van der Waals surface area contributed by atoms with Crippen molar-refractivity contribution in [2.24, 2.45) is 0 Å². The van der Waals surface area contributed by atoms with E-state index in [2.05, 4.69) is 23.3 Å². The lowest BCUT2D eigenvalue weighted by Gasteiger charge is -2.20. The van der Waals surface area contributed by atoms with E-state index in [4.69, 9.17) is 28.2 Å². The van der Waals surface area contributed by atoms with E-state index in [0.29, 0.717) is 5.88 Å². The first-order valence-corrected chi connectivity index (χ1v) is 8.53. The summed E-state index contributed by atoms with van der Waals surface area (Å²) in [4.78, 5) is 7.15. The van der Waals surface area contributed by atoms with Crippen molar-refractivity contribution in [2.75, 3.05) is 25.5 Å². The number of alkyl halides is 1. The average Bonchev–Trinajstić information content (AvgIpc) is 2.81. The van der Waals surface area contributed by atoms with Crippen LogP contribution in [0.2, 0.25) is 5.02 Å². The fourth-order valence-corrected chi connectivity index (χ4v) is 2.99. The number of fused-ring (bicyclic) bond motifs is 1. The molecule has 0 N–H and O–H groups in total. The topological polar surface area (TPSA) is 21.1 Å². The molecule has 0 aliphatic carbocycles. The summed E-state index contributed by atoms with van der Waals surface area (Å²) >= 11 is 12.1. The molecule has 1 aromatic heterocycles. The van der Waals surface area contributed by atoms with Crippen molar-refractivity contribution in [3.05, 3.63) is 29.0 Å². The van der Waals surface area contributed by atoms with Crippen LogP contribution >= 0.6 is 23.2 Å². The van der Waals surface area contributed by atoms with Gasteiger partial charge in [-0.3, -0.25) is 0 Å². The summed E-state index contributed by atoms with van der Waals surface area (Å²) in [5.74, 6) is 1.64. The van der Waals surface area contributed by atoms with Crippen molar-refractivity contribution in [3.63, 3.8) is 0 Å². The largest absolute Gasteiger partial charge is 0.327 e. The zero-order valence-electron chi connectivity index (χ0n) is 12.8. The van der Waals surface area contributed by atoms with Gasteiger partial charge in [-0.05, 0) is 37.7 Å². The number of hydrogen-bond donors (Lipinski definition) is 0. The third-order valence-electron chi connectivity index (χ3n) is 3.73. The van der Waals surface area contributed by atoms with Crippen molar-refractivity contribution in [1.82, 2.24) is 14.5 Å². The molecule has 2 rings (SSSR count). The first kappa shape index (κ1) is 16.6. The van der Waals surface area contributed by atoms with Crippen molar-refractivity contribution in [2.45, 2.75) is 33.2 Å². The van der Waals surface area contributed by atoms with Crippen molar-refractivity contribution in [3.8, 4) is 0 Å². The van der Waals surface area contributed by atoms with Crippen LogP contribution in [0.4, 0.5) is 0 Å². The number of halogens is 2. The van der Waals surface area contributed by atoms with E-state index in [-0.39, 0.29) is 0 Å². The van der Waals surface area contributed by atoms with Gasteiger partial charge in [0, 0.05) is 30.4 Å². The second kappa shape index (κ2) is 8.02. The van der Waals surface area contributed by atoms with Crippen LogP contribution in [0.1, 0.15) is 26.1 Å². The summed E-state index contributed by atoms with van der Waals surface area (Å²) in [6.07, 6.45) is 1.96. The third kappa shape index (κ3) is 4.12. The van der Waals surface area contributed by atoms with Crippen molar-refractivity contribution < 1.29 is 0 Å². The van der Waals surface area contributed by atoms with Crippen molar-refractivity contribution in [1.29, 1.82) is 0 Å². The van der Waals surface area contributed by atoms with Crippen LogP contribution in [0.25, 0.3) is 11.0 Å². The number of aromatic nitrogens is 2. The fraction of sp³-hybridized carbons (Fsp3) is 0.562. The van der Waals surface area contributed by atoms with Crippen LogP contribution in [-0.2, 0) is 13.0 Å². The Labute approximate surface area is 136 Å². The Balaban J connectivity index is 2.26. The van der Waals surface area contributed by atoms with Crippen molar-refractivity contribution >= 4 is 34.2 Å². The summed E-state index contributed by atoms with van der Waals surface area (Å²) in [5, 5.41) is 0.752. The SMILES string of the molecule is CCCN(CC)CCn1c(CCCl)nc2ccc(Cl)cc21. The van der Waals surface area contributed by atoms with Gasteiger partial charge in [0.2, 0.25) is 0 Å². The Bertz CT molecular complexity index is 580. The molecule has 1 aromatic carbocycles. The van der Waals surface area contributed by atoms with Gasteiger partial charge in [0.25, 0.3) is 0 Å². The first-order valence-electron chi connectivity index (χ1n) is 7.62. The van der Waals surface area contributed by atoms with Gasteiger partial charge in [-0.1, -0.05) is 25.4 Å². The molecule has 0 amide bonds. The summed E-state index contributed by atoms with van der Waals surface area (Å²) in [6, 6.07) is 5.87. The molecule has 3 nitrogen and oxygen atoms in total. The second-order valence-corrected chi connectivity index (χ2v) is 6.00. The molecule has 116 valence electrons. The monoisotopic (exact) mass is 327 g/mol. The minimum Gasteiger partial charge on any atom is -0.327 e. The van der Waals surface area contributed by atoms with Gasteiger partial charge in [-0.25, -0.2) is 4.98 Å². The standard InChI is InChI=1S/C16H23Cl2N3/c1-3-9-20(4-2)10-11-21-15-12-13(18)5-6-14(15)19-16(21)7-8-17/h5-6,12H,3-4,7-11H2,1-2H3. The van der Waals surface area contributed by atoms with Crippen LogP contribution in [0.15, 0.2) is 18.2 Å². The number of nitrogens with zero attached hydrogens (tertiary/aromatic N) is 3. The number of imidazole rings is 1. The number of likely N-dealkylation sites (N-methyl/N-ethyl adjacent to an activating group) is 1. The summed E-state index contributed by atoms with van der Waals surface area (Å²) < 4.78 is 2.27. The Morgan fingerprint density at radius 3 is 2.71 bits per heavy atom. The lowest BCUT2D eigenvalue weighted by Crippen LogP contribution is -2.28. The first-order chi connectivity index (χ1) is 10.2. The summed E-state index contributed by atoms with van der Waals surface area (Å²) in [6.45, 7) is 8.58. The van der Waals surface area contributed by atoms with Crippen LogP contribution in [0.3, 0.4) is 0 Å². The predicted octanol–water partition coefficient (Wildman–Crippen LogP) is 4.20. The minimum atomic E-state index is 0.587. The average molecular weight is 328 g/mol. The Morgan fingerprint density at radius 2 is 2.05 bits per heavy atom. The van der Waals surface area contributed by atoms with Gasteiger partial charge >= 0.3 is 0 Å². The highest BCUT2D eigenvalue weighted by molar-refractivity contribution is 6.31. The molecule has 0 fully saturated rings. The van der Waals surface area contributed by atoms with Gasteiger partial charge < -0.3 is 9.47 Å². The smallest absolute Gasteiger partial charge is 0.111 e. The molecule has 0 aliphatic rings. The Hall–Kier alpha value is -0.770. The van der Waals surface area contributed by atoms with Crippen LogP contribution in [-0.4, -0.2) is 40.0 Å². The minimum absolute atomic E-state index is 0.587. The zero-order valence-corrected chi connectivity index (χ0v) is 14.3. The highest BCUT2D eigenvalue weighted by Gasteiger charge is 2.12. The quantitative estimate of drug-likeness (QED) is 0.677. The van der Waals surface area contributed by atoms with Gasteiger partial charge in [0.1, 0.15) is 5.82 Å². The van der Waals surface area contributed by atoms with E-state index < -0.39 is 0 Å². The third-order valence-corrected chi connectivity index (χ3v) is 4.16. The fourth-order valence-electron chi connectivity index (χ4n) is 2.66. The van der Waals surface area contributed by atoms with Crippen LogP contribution in [0.5, 0.6) is 0 Å². The van der Waals surface area contributed by atoms with E-state index >= 15 is 0 Å². The van der Waals surface area contributed by atoms with E-state index in [0.717, 1.165) is 54.5 Å². The maximum absolute atomic E-state index is 6.14. The Kier molecular flexibility index (Phi) is 6.34. The highest BCUT2D eigenvalue weighted by atomic mass is 35.5.